The van der Waals surface area contributed by atoms with E-state index in [0.29, 0.717) is 0 Å². The Labute approximate surface area is 138 Å². The number of carboxylic acids is 1. The molecule has 122 valence electrons. The van der Waals surface area contributed by atoms with Crippen LogP contribution in [0, 0.1) is 10.1 Å². The summed E-state index contributed by atoms with van der Waals surface area (Å²) < 4.78 is 26.3. The Hall–Kier alpha value is -2.24. The van der Waals surface area contributed by atoms with E-state index in [-0.39, 0.29) is 15.6 Å². The second-order valence-corrected chi connectivity index (χ2v) is 7.16. The molecule has 1 aromatic heterocycles. The fraction of sp³-hybridized carbons (Fsp3) is 0.0909. The average molecular weight is 378 g/mol. The van der Waals surface area contributed by atoms with Crippen molar-refractivity contribution in [3.05, 3.63) is 50.1 Å². The molecule has 0 saturated carbocycles. The first kappa shape index (κ1) is 17.1. The highest BCUT2D eigenvalue weighted by Crippen LogP contribution is 2.30. The number of hydrogen-bond donors (Lipinski definition) is 2. The molecule has 0 unspecified atom stereocenters. The maximum Gasteiger partial charge on any atom is 0.357 e. The molecule has 1 aromatic carbocycles. The van der Waals surface area contributed by atoms with Gasteiger partial charge in [-0.3, -0.25) is 14.8 Å². The fourth-order valence-corrected chi connectivity index (χ4v) is 4.20. The minimum absolute atomic E-state index is 0.0229. The number of nitro groups is 1. The molecule has 0 spiro atoms. The molecule has 1 heterocycles. The molecule has 23 heavy (non-hydrogen) atoms. The number of carbonyl (C=O) groups is 1. The zero-order chi connectivity index (χ0) is 17.2. The number of nitrogens with zero attached hydrogens (tertiary/aromatic N) is 2. The lowest BCUT2D eigenvalue weighted by Crippen LogP contribution is -2.16. The first-order chi connectivity index (χ1) is 10.7. The second kappa shape index (κ2) is 6.48. The predicted molar refractivity (Wildman–Crippen MR) is 83.4 cm³/mol. The number of benzene rings is 1. The van der Waals surface area contributed by atoms with Crippen LogP contribution >= 0.6 is 22.9 Å². The maximum atomic E-state index is 12.1. The van der Waals surface area contributed by atoms with Crippen LogP contribution in [0.25, 0.3) is 0 Å². The number of anilines is 1. The zero-order valence-electron chi connectivity index (χ0n) is 11.1. The number of rotatable bonds is 6. The molecule has 0 saturated heterocycles. The van der Waals surface area contributed by atoms with Gasteiger partial charge in [-0.2, -0.15) is 0 Å². The lowest BCUT2D eigenvalue weighted by molar-refractivity contribution is -0.384. The molecule has 0 bridgehead atoms. The van der Waals surface area contributed by atoms with Gasteiger partial charge in [0.05, 0.1) is 16.2 Å². The molecular weight excluding hydrogens is 370 g/mol. The number of halogens is 1. The van der Waals surface area contributed by atoms with E-state index in [1.807, 2.05) is 0 Å². The molecule has 0 radical (unpaired) electrons. The van der Waals surface area contributed by atoms with Crippen LogP contribution in [0.15, 0.2) is 23.7 Å². The minimum Gasteiger partial charge on any atom is -0.476 e. The van der Waals surface area contributed by atoms with E-state index in [1.54, 1.807) is 0 Å². The lowest BCUT2D eigenvalue weighted by Gasteiger charge is -2.08. The molecule has 0 aliphatic heterocycles. The number of nitro benzene ring substituents is 1. The van der Waals surface area contributed by atoms with Crippen LogP contribution in [0.3, 0.4) is 0 Å². The van der Waals surface area contributed by atoms with Gasteiger partial charge in [0.2, 0.25) is 10.0 Å². The molecule has 0 aliphatic carbocycles. The van der Waals surface area contributed by atoms with Crippen molar-refractivity contribution < 1.29 is 23.2 Å². The highest BCUT2D eigenvalue weighted by Gasteiger charge is 2.23. The summed E-state index contributed by atoms with van der Waals surface area (Å²) in [7, 11) is -4.03. The second-order valence-electron chi connectivity index (χ2n) is 4.20. The number of hydrogen-bond acceptors (Lipinski definition) is 7. The topological polar surface area (TPSA) is 140 Å². The van der Waals surface area contributed by atoms with Crippen LogP contribution in [-0.4, -0.2) is 29.4 Å². The van der Waals surface area contributed by atoms with Crippen LogP contribution in [0.2, 0.25) is 5.02 Å². The summed E-state index contributed by atoms with van der Waals surface area (Å²) in [6.07, 6.45) is 0. The Bertz CT molecular complexity index is 880. The van der Waals surface area contributed by atoms with Crippen LogP contribution in [-0.2, 0) is 15.8 Å². The van der Waals surface area contributed by atoms with Gasteiger partial charge in [-0.1, -0.05) is 23.7 Å². The van der Waals surface area contributed by atoms with Crippen LogP contribution in [0.1, 0.15) is 16.1 Å². The van der Waals surface area contributed by atoms with Gasteiger partial charge in [-0.15, -0.1) is 11.3 Å². The molecule has 0 amide bonds. The van der Waals surface area contributed by atoms with E-state index in [0.717, 1.165) is 17.4 Å². The highest BCUT2D eigenvalue weighted by atomic mass is 35.5. The van der Waals surface area contributed by atoms with E-state index >= 15 is 0 Å². The molecule has 2 aromatic rings. The third-order valence-electron chi connectivity index (χ3n) is 2.62. The van der Waals surface area contributed by atoms with E-state index in [1.165, 1.54) is 17.6 Å². The average Bonchev–Trinajstić information content (AvgIpc) is 2.88. The summed E-state index contributed by atoms with van der Waals surface area (Å²) in [4.78, 5) is 24.5. The van der Waals surface area contributed by atoms with Crippen molar-refractivity contribution in [2.24, 2.45) is 0 Å². The summed E-state index contributed by atoms with van der Waals surface area (Å²) in [5.41, 5.74) is 0.364. The van der Waals surface area contributed by atoms with Gasteiger partial charge in [0.15, 0.2) is 5.69 Å². The minimum atomic E-state index is -4.03. The summed E-state index contributed by atoms with van der Waals surface area (Å²) in [6, 6.07) is 3.79. The predicted octanol–water partition coefficient (Wildman–Crippen LogP) is 2.34. The quantitative estimate of drug-likeness (QED) is 0.581. The van der Waals surface area contributed by atoms with E-state index in [2.05, 4.69) is 9.71 Å². The molecule has 12 heteroatoms. The van der Waals surface area contributed by atoms with Crippen molar-refractivity contribution in [1.29, 1.82) is 0 Å². The summed E-state index contributed by atoms with van der Waals surface area (Å²) >= 11 is 6.64. The van der Waals surface area contributed by atoms with Gasteiger partial charge >= 0.3 is 5.97 Å². The fourth-order valence-electron chi connectivity index (χ4n) is 1.67. The van der Waals surface area contributed by atoms with Gasteiger partial charge in [-0.05, 0) is 5.56 Å². The van der Waals surface area contributed by atoms with Crippen molar-refractivity contribution >= 4 is 49.6 Å². The zero-order valence-corrected chi connectivity index (χ0v) is 13.5. The number of aromatic carboxylic acids is 1. The molecular formula is C11H8ClN3O6S2. The lowest BCUT2D eigenvalue weighted by atomic mass is 10.2. The number of thiazole rings is 1. The van der Waals surface area contributed by atoms with Crippen molar-refractivity contribution in [3.63, 3.8) is 0 Å². The van der Waals surface area contributed by atoms with Crippen molar-refractivity contribution in [3.8, 4) is 0 Å². The van der Waals surface area contributed by atoms with Crippen LogP contribution in [0.4, 0.5) is 10.7 Å². The standard InChI is InChI=1S/C11H8ClN3O6S2/c12-8-6(2-1-3-7(8)15(18)19)4-23(20,21)14-10-9(11(16)17)13-5-22-10/h1-3,5,14H,4H2,(H,16,17). The van der Waals surface area contributed by atoms with Crippen molar-refractivity contribution in [1.82, 2.24) is 4.98 Å². The SMILES string of the molecule is O=C(O)c1ncsc1NS(=O)(=O)Cc1cccc([N+](=O)[O-])c1Cl. The Morgan fingerprint density at radius 1 is 1.48 bits per heavy atom. The summed E-state index contributed by atoms with van der Waals surface area (Å²) in [5.74, 6) is -2.03. The molecule has 0 atom stereocenters. The Balaban J connectivity index is 2.29. The molecule has 9 nitrogen and oxygen atoms in total. The molecule has 0 fully saturated rings. The monoisotopic (exact) mass is 377 g/mol. The van der Waals surface area contributed by atoms with E-state index in [9.17, 15) is 23.3 Å². The number of nitrogens with one attached hydrogen (secondary N) is 1. The number of carboxylic acid groups (broad SMARTS) is 1. The third-order valence-corrected chi connectivity index (χ3v) is 5.13. The summed E-state index contributed by atoms with van der Waals surface area (Å²) in [5, 5.41) is 19.3. The number of aromatic nitrogens is 1. The molecule has 0 aliphatic rings. The Morgan fingerprint density at radius 2 is 2.17 bits per heavy atom. The van der Waals surface area contributed by atoms with Crippen LogP contribution in [0.5, 0.6) is 0 Å². The maximum absolute atomic E-state index is 12.1. The normalized spacial score (nSPS) is 11.2. The van der Waals surface area contributed by atoms with Gasteiger partial charge in [0.1, 0.15) is 10.0 Å². The highest BCUT2D eigenvalue weighted by molar-refractivity contribution is 7.92. The smallest absolute Gasteiger partial charge is 0.357 e. The van der Waals surface area contributed by atoms with Gasteiger partial charge in [0.25, 0.3) is 5.69 Å². The van der Waals surface area contributed by atoms with Crippen LogP contribution < -0.4 is 4.72 Å². The first-order valence-electron chi connectivity index (χ1n) is 5.80. The van der Waals surface area contributed by atoms with Gasteiger partial charge in [-0.25, -0.2) is 18.2 Å². The molecule has 2 N–H and O–H groups in total. The molecule has 2 rings (SSSR count). The first-order valence-corrected chi connectivity index (χ1v) is 8.71. The van der Waals surface area contributed by atoms with Crippen molar-refractivity contribution in [2.45, 2.75) is 5.75 Å². The summed E-state index contributed by atoms with van der Waals surface area (Å²) in [6.45, 7) is 0. The van der Waals surface area contributed by atoms with E-state index < -0.39 is 38.1 Å². The Kier molecular flexibility index (Phi) is 4.82. The Morgan fingerprint density at radius 3 is 2.78 bits per heavy atom. The van der Waals surface area contributed by atoms with Gasteiger partial charge < -0.3 is 5.11 Å². The third kappa shape index (κ3) is 3.94. The number of sulfonamides is 1. The van der Waals surface area contributed by atoms with Crippen molar-refractivity contribution in [2.75, 3.05) is 4.72 Å². The largest absolute Gasteiger partial charge is 0.476 e. The van der Waals surface area contributed by atoms with Gasteiger partial charge in [0, 0.05) is 6.07 Å². The van der Waals surface area contributed by atoms with E-state index in [4.69, 9.17) is 16.7 Å².